The second-order valence-electron chi connectivity index (χ2n) is 2.43. The average molecular weight is 180 g/mol. The molecule has 0 aromatic heterocycles. The zero-order valence-corrected chi connectivity index (χ0v) is 7.20. The van der Waals surface area contributed by atoms with Gasteiger partial charge in [-0.25, -0.2) is 0 Å². The van der Waals surface area contributed by atoms with E-state index in [4.69, 9.17) is 4.28 Å². The molecule has 1 aromatic carbocycles. The molecule has 3 nitrogen and oxygen atoms in total. The maximum absolute atomic E-state index is 4.74. The van der Waals surface area contributed by atoms with Crippen LogP contribution in [-0.4, -0.2) is 10.6 Å². The Morgan fingerprint density at radius 2 is 2.17 bits per heavy atom. The second kappa shape index (κ2) is 3.49. The maximum atomic E-state index is 4.74. The van der Waals surface area contributed by atoms with Gasteiger partial charge in [0, 0.05) is 0 Å². The van der Waals surface area contributed by atoms with Crippen molar-refractivity contribution in [1.29, 1.82) is 0 Å². The Labute approximate surface area is 75.3 Å². The van der Waals surface area contributed by atoms with Crippen LogP contribution in [-0.2, 0) is 10.8 Å². The number of rotatable bonds is 2. The molecule has 62 valence electrons. The van der Waals surface area contributed by atoms with Crippen LogP contribution < -0.4 is 0 Å². The first-order valence-corrected chi connectivity index (χ1v) is 4.33. The molecule has 0 radical (unpaired) electrons. The van der Waals surface area contributed by atoms with Crippen LogP contribution in [0.15, 0.2) is 35.5 Å². The monoisotopic (exact) mass is 180 g/mol. The van der Waals surface area contributed by atoms with Crippen molar-refractivity contribution in [2.75, 3.05) is 0 Å². The topological polar surface area (TPSA) is 24.8 Å². The summed E-state index contributed by atoms with van der Waals surface area (Å²) in [6, 6.07) is 10.2. The van der Waals surface area contributed by atoms with Crippen LogP contribution in [0.3, 0.4) is 0 Å². The van der Waals surface area contributed by atoms with Gasteiger partial charge < -0.3 is 0 Å². The van der Waals surface area contributed by atoms with Crippen molar-refractivity contribution in [3.8, 4) is 0 Å². The quantitative estimate of drug-likeness (QED) is 0.514. The van der Waals surface area contributed by atoms with Crippen molar-refractivity contribution in [2.24, 2.45) is 5.16 Å². The number of benzene rings is 1. The van der Waals surface area contributed by atoms with E-state index in [1.54, 1.807) is 6.34 Å². The van der Waals surface area contributed by atoms with Gasteiger partial charge in [0.25, 0.3) is 0 Å². The van der Waals surface area contributed by atoms with E-state index in [-0.39, 0.29) is 0 Å². The summed E-state index contributed by atoms with van der Waals surface area (Å²) in [6.07, 6.45) is 1.68. The Bertz CT molecular complexity index is 276. The molecular weight excluding hydrogens is 172 g/mol. The van der Waals surface area contributed by atoms with Crippen LogP contribution in [0, 0.1) is 0 Å². The minimum absolute atomic E-state index is 0.828. The standard InChI is InChI=1S/C8H8N2OS/c1-2-4-8(5-3-1)6-10-7-9-11-12-10/h1-5,7H,6H2. The van der Waals surface area contributed by atoms with E-state index in [2.05, 4.69) is 17.3 Å². The highest BCUT2D eigenvalue weighted by molar-refractivity contribution is 7.92. The molecule has 0 spiro atoms. The van der Waals surface area contributed by atoms with Crippen molar-refractivity contribution >= 4 is 18.6 Å². The van der Waals surface area contributed by atoms with Gasteiger partial charge in [0.15, 0.2) is 0 Å². The fourth-order valence-electron chi connectivity index (χ4n) is 0.984. The molecule has 0 unspecified atom stereocenters. The predicted molar refractivity (Wildman–Crippen MR) is 49.2 cm³/mol. The first-order chi connectivity index (χ1) is 5.95. The average Bonchev–Trinajstić information content (AvgIpc) is 2.59. The molecule has 1 aromatic rings. The highest BCUT2D eigenvalue weighted by atomic mass is 32.2. The molecule has 2 rings (SSSR count). The van der Waals surface area contributed by atoms with E-state index in [0.29, 0.717) is 0 Å². The van der Waals surface area contributed by atoms with Gasteiger partial charge in [-0.2, -0.15) is 0 Å². The normalized spacial score (nSPS) is 14.8. The fourth-order valence-corrected chi connectivity index (χ4v) is 1.43. The molecule has 4 heteroatoms. The molecule has 0 fully saturated rings. The summed E-state index contributed by atoms with van der Waals surface area (Å²) in [7, 11) is 0. The second-order valence-corrected chi connectivity index (χ2v) is 3.20. The lowest BCUT2D eigenvalue weighted by atomic mass is 10.2. The first kappa shape index (κ1) is 7.49. The van der Waals surface area contributed by atoms with Crippen LogP contribution in [0.4, 0.5) is 0 Å². The summed E-state index contributed by atoms with van der Waals surface area (Å²) in [6.45, 7) is 0.828. The largest absolute Gasteiger partial charge is 0.298 e. The lowest BCUT2D eigenvalue weighted by Crippen LogP contribution is -2.08. The summed E-state index contributed by atoms with van der Waals surface area (Å²) in [5.74, 6) is 0. The fraction of sp³-hybridized carbons (Fsp3) is 0.125. The van der Waals surface area contributed by atoms with Gasteiger partial charge in [-0.05, 0) is 5.56 Å². The zero-order chi connectivity index (χ0) is 8.23. The summed E-state index contributed by atoms with van der Waals surface area (Å²) in [5, 5.41) is 3.62. The van der Waals surface area contributed by atoms with Crippen molar-refractivity contribution in [1.82, 2.24) is 4.31 Å². The van der Waals surface area contributed by atoms with Crippen LogP contribution in [0.1, 0.15) is 5.56 Å². The molecular formula is C8H8N2OS. The Balaban J connectivity index is 1.99. The van der Waals surface area contributed by atoms with Crippen LogP contribution in [0.25, 0.3) is 0 Å². The molecule has 0 N–H and O–H groups in total. The molecule has 12 heavy (non-hydrogen) atoms. The number of hydrogen-bond acceptors (Lipinski definition) is 4. The number of oxime groups is 1. The van der Waals surface area contributed by atoms with Crippen molar-refractivity contribution in [2.45, 2.75) is 6.54 Å². The predicted octanol–water partition coefficient (Wildman–Crippen LogP) is 2.03. The number of nitrogens with zero attached hydrogens (tertiary/aromatic N) is 2. The van der Waals surface area contributed by atoms with Crippen molar-refractivity contribution in [3.05, 3.63) is 35.9 Å². The smallest absolute Gasteiger partial charge is 0.211 e. The third-order valence-electron chi connectivity index (χ3n) is 1.53. The molecule has 0 bridgehead atoms. The van der Waals surface area contributed by atoms with Gasteiger partial charge in [-0.1, -0.05) is 35.5 Å². The van der Waals surface area contributed by atoms with Crippen LogP contribution in [0.5, 0.6) is 0 Å². The summed E-state index contributed by atoms with van der Waals surface area (Å²) < 4.78 is 6.67. The molecule has 0 atom stereocenters. The highest BCUT2D eigenvalue weighted by Crippen LogP contribution is 2.18. The van der Waals surface area contributed by atoms with Crippen molar-refractivity contribution in [3.63, 3.8) is 0 Å². The van der Waals surface area contributed by atoms with Gasteiger partial charge in [-0.15, -0.1) is 0 Å². The summed E-state index contributed by atoms with van der Waals surface area (Å²) in [4.78, 5) is 0. The van der Waals surface area contributed by atoms with Gasteiger partial charge in [0.2, 0.25) is 12.2 Å². The van der Waals surface area contributed by atoms with Crippen molar-refractivity contribution < 1.29 is 4.28 Å². The Kier molecular flexibility index (Phi) is 2.18. The van der Waals surface area contributed by atoms with E-state index in [0.717, 1.165) is 6.54 Å². The van der Waals surface area contributed by atoms with Gasteiger partial charge >= 0.3 is 0 Å². The Hall–Kier alpha value is -1.16. The molecule has 1 aliphatic rings. The lowest BCUT2D eigenvalue weighted by molar-refractivity contribution is 0.414. The molecule has 1 aliphatic heterocycles. The van der Waals surface area contributed by atoms with Crippen LogP contribution >= 0.6 is 12.2 Å². The highest BCUT2D eigenvalue weighted by Gasteiger charge is 2.08. The molecule has 0 saturated heterocycles. The maximum Gasteiger partial charge on any atom is 0.211 e. The third kappa shape index (κ3) is 1.71. The van der Waals surface area contributed by atoms with E-state index in [9.17, 15) is 0 Å². The zero-order valence-electron chi connectivity index (χ0n) is 6.38. The summed E-state index contributed by atoms with van der Waals surface area (Å²) in [5.41, 5.74) is 1.25. The molecule has 0 aliphatic carbocycles. The third-order valence-corrected chi connectivity index (χ3v) is 2.10. The van der Waals surface area contributed by atoms with E-state index >= 15 is 0 Å². The van der Waals surface area contributed by atoms with E-state index in [1.807, 2.05) is 22.5 Å². The Morgan fingerprint density at radius 1 is 1.33 bits per heavy atom. The molecule has 1 heterocycles. The Morgan fingerprint density at radius 3 is 2.83 bits per heavy atom. The van der Waals surface area contributed by atoms with Gasteiger partial charge in [0.1, 0.15) is 6.34 Å². The minimum Gasteiger partial charge on any atom is -0.298 e. The lowest BCUT2D eigenvalue weighted by Gasteiger charge is -2.07. The first-order valence-electron chi connectivity index (χ1n) is 3.63. The van der Waals surface area contributed by atoms with Gasteiger partial charge in [0.05, 0.1) is 6.54 Å². The molecule has 0 amide bonds. The van der Waals surface area contributed by atoms with Crippen LogP contribution in [0.2, 0.25) is 0 Å². The minimum atomic E-state index is 0.828. The summed E-state index contributed by atoms with van der Waals surface area (Å²) >= 11 is 1.25. The molecule has 0 saturated carbocycles. The van der Waals surface area contributed by atoms with Gasteiger partial charge in [-0.3, -0.25) is 8.59 Å². The van der Waals surface area contributed by atoms with E-state index in [1.165, 1.54) is 17.8 Å². The SMILES string of the molecule is C1=NOSN1Cc1ccccc1. The van der Waals surface area contributed by atoms with E-state index < -0.39 is 0 Å². The number of hydrogen-bond donors (Lipinski definition) is 0.